The summed E-state index contributed by atoms with van der Waals surface area (Å²) in [6.45, 7) is 23.2. The van der Waals surface area contributed by atoms with Crippen molar-refractivity contribution in [1.29, 1.82) is 0 Å². The molecule has 1 saturated carbocycles. The molecule has 50 heavy (non-hydrogen) atoms. The normalized spacial score (nSPS) is 17.6. The second kappa shape index (κ2) is 16.9. The van der Waals surface area contributed by atoms with Crippen LogP contribution in [-0.4, -0.2) is 11.8 Å². The molecule has 2 atom stereocenters. The van der Waals surface area contributed by atoms with Gasteiger partial charge in [0, 0.05) is 42.1 Å². The number of halogens is 1. The molecule has 2 nitrogen and oxygen atoms in total. The van der Waals surface area contributed by atoms with Gasteiger partial charge in [-0.1, -0.05) is 114 Å². The number of aryl methyl sites for hydroxylation is 1. The van der Waals surface area contributed by atoms with Crippen molar-refractivity contribution in [3.63, 3.8) is 0 Å². The Balaban J connectivity index is 1.51. The number of nitrogens with one attached hydrogen (secondary N) is 1. The molecule has 0 amide bonds. The molecule has 0 saturated heterocycles. The first kappa shape index (κ1) is 36.8. The maximum absolute atomic E-state index is 16.2. The van der Waals surface area contributed by atoms with Crippen molar-refractivity contribution >= 4 is 11.9 Å². The van der Waals surface area contributed by atoms with Gasteiger partial charge in [-0.3, -0.25) is 4.79 Å². The van der Waals surface area contributed by atoms with E-state index in [2.05, 4.69) is 106 Å². The average Bonchev–Trinajstić information content (AvgIpc) is 3.12. The molecule has 0 aromatic heterocycles. The Morgan fingerprint density at radius 3 is 2.48 bits per heavy atom. The van der Waals surface area contributed by atoms with Crippen molar-refractivity contribution in [1.82, 2.24) is 5.32 Å². The van der Waals surface area contributed by atoms with E-state index in [1.54, 1.807) is 6.07 Å². The number of benzene rings is 3. The molecule has 1 fully saturated rings. The summed E-state index contributed by atoms with van der Waals surface area (Å²) < 4.78 is 16.2. The Kier molecular flexibility index (Phi) is 12.4. The SMILES string of the molecule is C=C=C1CC=C(C(=C=C)Cc2cccc(-c3cccc(-c4cc(F)c(CN[C@@H]5CCC(=C)C[C@@H]5C)c(CCCC)c4)c3CC)c2C=C)C(=O)C1. The number of unbranched alkanes of at least 4 members (excludes halogenated alkanes) is 1. The summed E-state index contributed by atoms with van der Waals surface area (Å²) in [4.78, 5) is 13.0. The third kappa shape index (κ3) is 8.09. The van der Waals surface area contributed by atoms with Crippen LogP contribution in [0.4, 0.5) is 4.39 Å². The fourth-order valence-corrected chi connectivity index (χ4v) is 7.82. The van der Waals surface area contributed by atoms with Gasteiger partial charge >= 0.3 is 0 Å². The third-order valence-electron chi connectivity index (χ3n) is 10.6. The van der Waals surface area contributed by atoms with Crippen molar-refractivity contribution in [2.45, 2.75) is 97.6 Å². The summed E-state index contributed by atoms with van der Waals surface area (Å²) >= 11 is 0. The first-order valence-corrected chi connectivity index (χ1v) is 18.3. The van der Waals surface area contributed by atoms with Gasteiger partial charge in [-0.05, 0) is 107 Å². The lowest BCUT2D eigenvalue weighted by atomic mass is 9.83. The van der Waals surface area contributed by atoms with E-state index in [0.717, 1.165) is 101 Å². The van der Waals surface area contributed by atoms with Gasteiger partial charge in [0.2, 0.25) is 0 Å². The zero-order valence-electron chi connectivity index (χ0n) is 30.3. The monoisotopic (exact) mass is 665 g/mol. The quantitative estimate of drug-likeness (QED) is 0.145. The molecule has 3 aromatic rings. The molecule has 0 bridgehead atoms. The molecule has 3 aromatic carbocycles. The van der Waals surface area contributed by atoms with Crippen LogP contribution < -0.4 is 5.32 Å². The topological polar surface area (TPSA) is 29.1 Å². The van der Waals surface area contributed by atoms with Gasteiger partial charge in [-0.15, -0.1) is 11.5 Å². The average molecular weight is 666 g/mol. The van der Waals surface area contributed by atoms with E-state index in [9.17, 15) is 4.79 Å². The summed E-state index contributed by atoms with van der Waals surface area (Å²) in [5.41, 5.74) is 18.9. The van der Waals surface area contributed by atoms with E-state index >= 15 is 4.39 Å². The minimum absolute atomic E-state index is 0.0491. The molecule has 1 N–H and O–H groups in total. The number of carbonyl (C=O) groups excluding carboxylic acids is 1. The van der Waals surface area contributed by atoms with Crippen molar-refractivity contribution in [3.05, 3.63) is 148 Å². The lowest BCUT2D eigenvalue weighted by Gasteiger charge is -2.31. The molecule has 0 unspecified atom stereocenters. The molecule has 2 aliphatic carbocycles. The zero-order valence-corrected chi connectivity index (χ0v) is 30.3. The summed E-state index contributed by atoms with van der Waals surface area (Å²) in [7, 11) is 0. The van der Waals surface area contributed by atoms with E-state index in [4.69, 9.17) is 0 Å². The molecule has 0 heterocycles. The Morgan fingerprint density at radius 1 is 1.04 bits per heavy atom. The van der Waals surface area contributed by atoms with Gasteiger partial charge in [0.1, 0.15) is 5.82 Å². The number of hydrogen-bond acceptors (Lipinski definition) is 2. The number of ketones is 1. The summed E-state index contributed by atoms with van der Waals surface area (Å²) in [5.74, 6) is 0.412. The fraction of sp³-hybridized carbons (Fsp3) is 0.340. The number of allylic oxidation sites excluding steroid dienone is 5. The highest BCUT2D eigenvalue weighted by atomic mass is 19.1. The summed E-state index contributed by atoms with van der Waals surface area (Å²) in [6.07, 6.45) is 12.2. The number of rotatable bonds is 13. The van der Waals surface area contributed by atoms with Crippen LogP contribution in [0.15, 0.2) is 115 Å². The lowest BCUT2D eigenvalue weighted by Crippen LogP contribution is -2.37. The van der Waals surface area contributed by atoms with Crippen molar-refractivity contribution in [2.75, 3.05) is 0 Å². The zero-order chi connectivity index (χ0) is 35.8. The minimum Gasteiger partial charge on any atom is -0.310 e. The molecule has 0 spiro atoms. The first-order chi connectivity index (χ1) is 24.2. The number of hydrogen-bond donors (Lipinski definition) is 1. The second-order valence-electron chi connectivity index (χ2n) is 14.0. The van der Waals surface area contributed by atoms with Gasteiger partial charge in [-0.25, -0.2) is 4.39 Å². The van der Waals surface area contributed by atoms with Gasteiger partial charge in [0.25, 0.3) is 0 Å². The molecular formula is C47H52FNO. The highest BCUT2D eigenvalue weighted by Gasteiger charge is 2.25. The van der Waals surface area contributed by atoms with E-state index in [-0.39, 0.29) is 11.6 Å². The second-order valence-corrected chi connectivity index (χ2v) is 14.0. The molecule has 0 aliphatic heterocycles. The highest BCUT2D eigenvalue weighted by molar-refractivity contribution is 6.02. The van der Waals surface area contributed by atoms with E-state index < -0.39 is 0 Å². The Bertz CT molecular complexity index is 1930. The highest BCUT2D eigenvalue weighted by Crippen LogP contribution is 2.38. The van der Waals surface area contributed by atoms with Gasteiger partial charge in [0.15, 0.2) is 5.78 Å². The molecule has 0 radical (unpaired) electrons. The van der Waals surface area contributed by atoms with E-state index in [0.29, 0.717) is 43.3 Å². The first-order valence-electron chi connectivity index (χ1n) is 18.3. The Labute approximate surface area is 299 Å². The fourth-order valence-electron chi connectivity index (χ4n) is 7.82. The van der Waals surface area contributed by atoms with Crippen molar-refractivity contribution in [3.8, 4) is 22.3 Å². The number of Topliss-reactive ketones (excluding diaryl/α,β-unsaturated/α-hetero) is 1. The van der Waals surface area contributed by atoms with E-state index in [1.165, 1.54) is 11.1 Å². The van der Waals surface area contributed by atoms with Crippen molar-refractivity contribution < 1.29 is 9.18 Å². The summed E-state index contributed by atoms with van der Waals surface area (Å²) in [6, 6.07) is 17.0. The standard InChI is InChI=1S/C47H52FNO/c1-8-13-16-36-28-37(29-45(48)44(36)30-49-46-24-21-31(6)25-32(46)7)40-18-15-20-43(39(40)12-5)42-19-14-17-35(38(42)11-4)27-34(10-3)41-23-22-33(9-2)26-47(41)50/h11,14-15,17-20,23,28-29,32,46,49H,2-4,6,8,12-13,16,21-22,24-27,30H2,1,5,7H3/t32-,46+/m0/s1. The smallest absolute Gasteiger partial charge is 0.168 e. The predicted octanol–water partition coefficient (Wildman–Crippen LogP) is 11.8. The largest absolute Gasteiger partial charge is 0.310 e. The summed E-state index contributed by atoms with van der Waals surface area (Å²) in [5, 5.41) is 3.71. The Hall–Kier alpha value is -4.52. The molecule has 5 rings (SSSR count). The van der Waals surface area contributed by atoms with Crippen LogP contribution >= 0.6 is 0 Å². The lowest BCUT2D eigenvalue weighted by molar-refractivity contribution is -0.115. The Morgan fingerprint density at radius 2 is 1.80 bits per heavy atom. The van der Waals surface area contributed by atoms with Crippen LogP contribution in [0.5, 0.6) is 0 Å². The van der Waals surface area contributed by atoms with Crippen LogP contribution in [0, 0.1) is 11.7 Å². The van der Waals surface area contributed by atoms with Gasteiger partial charge < -0.3 is 5.32 Å². The molecular weight excluding hydrogens is 614 g/mol. The van der Waals surface area contributed by atoms with Gasteiger partial charge in [0.05, 0.1) is 0 Å². The third-order valence-corrected chi connectivity index (χ3v) is 10.6. The number of carbonyl (C=O) groups is 1. The molecule has 3 heteroatoms. The van der Waals surface area contributed by atoms with Crippen molar-refractivity contribution in [2.24, 2.45) is 5.92 Å². The van der Waals surface area contributed by atoms with Crippen LogP contribution in [0.2, 0.25) is 0 Å². The van der Waals surface area contributed by atoms with Gasteiger partial charge in [-0.2, -0.15) is 0 Å². The molecule has 2 aliphatic rings. The predicted molar refractivity (Wildman–Crippen MR) is 209 cm³/mol. The van der Waals surface area contributed by atoms with Crippen LogP contribution in [0.3, 0.4) is 0 Å². The van der Waals surface area contributed by atoms with Crippen LogP contribution in [-0.2, 0) is 30.6 Å². The van der Waals surface area contributed by atoms with E-state index in [1.807, 2.05) is 12.2 Å². The molecule has 258 valence electrons. The van der Waals surface area contributed by atoms with Crippen LogP contribution in [0.25, 0.3) is 28.3 Å². The maximum Gasteiger partial charge on any atom is 0.168 e. The van der Waals surface area contributed by atoms with Crippen LogP contribution in [0.1, 0.15) is 93.5 Å². The maximum atomic E-state index is 16.2. The minimum atomic E-state index is -0.138.